The summed E-state index contributed by atoms with van der Waals surface area (Å²) in [5, 5.41) is 11.8. The van der Waals surface area contributed by atoms with Crippen molar-refractivity contribution in [2.75, 3.05) is 39.8 Å². The lowest BCUT2D eigenvalue weighted by Gasteiger charge is -2.32. The van der Waals surface area contributed by atoms with Gasteiger partial charge in [-0.25, -0.2) is 4.98 Å². The van der Waals surface area contributed by atoms with E-state index >= 15 is 0 Å². The molecule has 0 atom stereocenters. The van der Waals surface area contributed by atoms with E-state index in [9.17, 15) is 4.79 Å². The summed E-state index contributed by atoms with van der Waals surface area (Å²) in [5.41, 5.74) is 0.917. The number of aromatic nitrogens is 1. The summed E-state index contributed by atoms with van der Waals surface area (Å²) < 4.78 is 0. The predicted molar refractivity (Wildman–Crippen MR) is 75.7 cm³/mol. The van der Waals surface area contributed by atoms with Crippen molar-refractivity contribution in [1.29, 1.82) is 0 Å². The fraction of sp³-hybridized carbons (Fsp3) is 0.692. The molecule has 1 aromatic rings. The summed E-state index contributed by atoms with van der Waals surface area (Å²) in [6.45, 7) is 5.60. The first-order valence-corrected chi connectivity index (χ1v) is 7.57. The SMILES string of the molecule is CN1CCN(CCc2nc(CCC(=O)O)cs2)CC1. The molecule has 1 N–H and O–H groups in total. The van der Waals surface area contributed by atoms with Crippen LogP contribution in [0.15, 0.2) is 5.38 Å². The maximum absolute atomic E-state index is 10.5. The quantitative estimate of drug-likeness (QED) is 0.842. The number of carboxylic acids is 1. The number of thiazole rings is 1. The minimum absolute atomic E-state index is 0.168. The molecule has 5 nitrogen and oxygen atoms in total. The molecule has 1 fully saturated rings. The maximum Gasteiger partial charge on any atom is 0.303 e. The molecular formula is C13H21N3O2S. The van der Waals surface area contributed by atoms with E-state index in [1.165, 1.54) is 0 Å². The smallest absolute Gasteiger partial charge is 0.303 e. The van der Waals surface area contributed by atoms with Crippen molar-refractivity contribution in [3.63, 3.8) is 0 Å². The molecule has 0 amide bonds. The Morgan fingerprint density at radius 3 is 2.79 bits per heavy atom. The van der Waals surface area contributed by atoms with Crippen LogP contribution < -0.4 is 0 Å². The Morgan fingerprint density at radius 2 is 2.11 bits per heavy atom. The summed E-state index contributed by atoms with van der Waals surface area (Å²) in [6.07, 6.45) is 1.68. The van der Waals surface area contributed by atoms with Crippen LogP contribution in [0.3, 0.4) is 0 Å². The van der Waals surface area contributed by atoms with Gasteiger partial charge in [-0.3, -0.25) is 4.79 Å². The van der Waals surface area contributed by atoms with Gasteiger partial charge in [0.05, 0.1) is 17.1 Å². The van der Waals surface area contributed by atoms with Gasteiger partial charge in [-0.1, -0.05) is 0 Å². The first-order chi connectivity index (χ1) is 9.13. The Kier molecular flexibility index (Phi) is 5.30. The standard InChI is InChI=1S/C13H21N3O2S/c1-15-6-8-16(9-7-15)5-4-12-14-11(10-19-12)2-3-13(17)18/h10H,2-9H2,1H3,(H,17,18). The second-order valence-electron chi connectivity index (χ2n) is 5.02. The van der Waals surface area contributed by atoms with Crippen molar-refractivity contribution in [2.24, 2.45) is 0 Å². The zero-order valence-corrected chi connectivity index (χ0v) is 12.2. The molecule has 0 aromatic carbocycles. The van der Waals surface area contributed by atoms with E-state index in [1.807, 2.05) is 5.38 Å². The number of likely N-dealkylation sites (N-methyl/N-ethyl adjacent to an activating group) is 1. The third kappa shape index (κ3) is 4.89. The van der Waals surface area contributed by atoms with E-state index in [2.05, 4.69) is 21.8 Å². The highest BCUT2D eigenvalue weighted by Gasteiger charge is 2.14. The second kappa shape index (κ2) is 6.98. The number of hydrogen-bond acceptors (Lipinski definition) is 5. The lowest BCUT2D eigenvalue weighted by molar-refractivity contribution is -0.136. The van der Waals surface area contributed by atoms with Crippen LogP contribution in [-0.2, 0) is 17.6 Å². The Labute approximate surface area is 117 Å². The minimum Gasteiger partial charge on any atom is -0.481 e. The molecule has 106 valence electrons. The molecule has 1 aliphatic rings. The predicted octanol–water partition coefficient (Wildman–Crippen LogP) is 0.950. The third-order valence-corrected chi connectivity index (χ3v) is 4.39. The molecule has 19 heavy (non-hydrogen) atoms. The van der Waals surface area contributed by atoms with Gasteiger partial charge in [0.2, 0.25) is 0 Å². The number of aryl methyl sites for hydroxylation is 1. The Bertz CT molecular complexity index is 414. The fourth-order valence-corrected chi connectivity index (χ4v) is 2.96. The Balaban J connectivity index is 1.72. The lowest BCUT2D eigenvalue weighted by Crippen LogP contribution is -2.45. The van der Waals surface area contributed by atoms with E-state index in [4.69, 9.17) is 5.11 Å². The minimum atomic E-state index is -0.757. The average molecular weight is 283 g/mol. The highest BCUT2D eigenvalue weighted by molar-refractivity contribution is 7.09. The van der Waals surface area contributed by atoms with Gasteiger partial charge in [0.25, 0.3) is 0 Å². The average Bonchev–Trinajstić information content (AvgIpc) is 2.84. The molecule has 2 heterocycles. The molecule has 0 radical (unpaired) electrons. The van der Waals surface area contributed by atoms with Crippen LogP contribution in [0.25, 0.3) is 0 Å². The summed E-state index contributed by atoms with van der Waals surface area (Å²) >= 11 is 1.65. The van der Waals surface area contributed by atoms with Gasteiger partial charge in [0.15, 0.2) is 0 Å². The van der Waals surface area contributed by atoms with Gasteiger partial charge in [0.1, 0.15) is 0 Å². The van der Waals surface area contributed by atoms with Gasteiger partial charge < -0.3 is 14.9 Å². The maximum atomic E-state index is 10.5. The molecule has 1 aliphatic heterocycles. The second-order valence-corrected chi connectivity index (χ2v) is 5.96. The summed E-state index contributed by atoms with van der Waals surface area (Å²) in [4.78, 5) is 19.8. The first-order valence-electron chi connectivity index (χ1n) is 6.69. The molecule has 2 rings (SSSR count). The van der Waals surface area contributed by atoms with Crippen molar-refractivity contribution in [2.45, 2.75) is 19.3 Å². The van der Waals surface area contributed by atoms with Crippen LogP contribution in [0.1, 0.15) is 17.1 Å². The highest BCUT2D eigenvalue weighted by Crippen LogP contribution is 2.13. The molecule has 0 aliphatic carbocycles. The van der Waals surface area contributed by atoms with E-state index in [-0.39, 0.29) is 6.42 Å². The number of piperazine rings is 1. The van der Waals surface area contributed by atoms with Crippen LogP contribution in [0.4, 0.5) is 0 Å². The van der Waals surface area contributed by atoms with Crippen LogP contribution in [0.5, 0.6) is 0 Å². The van der Waals surface area contributed by atoms with Crippen LogP contribution >= 0.6 is 11.3 Å². The van der Waals surface area contributed by atoms with E-state index in [1.54, 1.807) is 11.3 Å². The van der Waals surface area contributed by atoms with Crippen molar-refractivity contribution >= 4 is 17.3 Å². The molecule has 1 aromatic heterocycles. The zero-order valence-electron chi connectivity index (χ0n) is 11.3. The van der Waals surface area contributed by atoms with Crippen LogP contribution in [0.2, 0.25) is 0 Å². The van der Waals surface area contributed by atoms with E-state index in [0.717, 1.165) is 49.8 Å². The van der Waals surface area contributed by atoms with Gasteiger partial charge in [-0.05, 0) is 7.05 Å². The van der Waals surface area contributed by atoms with Gasteiger partial charge in [-0.2, -0.15) is 0 Å². The fourth-order valence-electron chi connectivity index (χ4n) is 2.14. The van der Waals surface area contributed by atoms with Gasteiger partial charge in [-0.15, -0.1) is 11.3 Å². The number of carboxylic acid groups (broad SMARTS) is 1. The molecule has 1 saturated heterocycles. The van der Waals surface area contributed by atoms with E-state index in [0.29, 0.717) is 6.42 Å². The Morgan fingerprint density at radius 1 is 1.37 bits per heavy atom. The summed E-state index contributed by atoms with van der Waals surface area (Å²) in [7, 11) is 2.16. The van der Waals surface area contributed by atoms with Crippen molar-refractivity contribution in [3.8, 4) is 0 Å². The number of rotatable bonds is 6. The number of aliphatic carboxylic acids is 1. The number of hydrogen-bond donors (Lipinski definition) is 1. The molecular weight excluding hydrogens is 262 g/mol. The highest BCUT2D eigenvalue weighted by atomic mass is 32.1. The number of carbonyl (C=O) groups is 1. The summed E-state index contributed by atoms with van der Waals surface area (Å²) in [5.74, 6) is -0.757. The molecule has 0 saturated carbocycles. The Hall–Kier alpha value is -0.980. The van der Waals surface area contributed by atoms with Crippen LogP contribution in [-0.4, -0.2) is 65.6 Å². The molecule has 0 unspecified atom stereocenters. The molecule has 0 spiro atoms. The van der Waals surface area contributed by atoms with Crippen molar-refractivity contribution in [1.82, 2.24) is 14.8 Å². The lowest BCUT2D eigenvalue weighted by atomic mass is 10.2. The molecule has 0 bridgehead atoms. The van der Waals surface area contributed by atoms with Gasteiger partial charge >= 0.3 is 5.97 Å². The first kappa shape index (κ1) is 14.4. The number of nitrogens with zero attached hydrogens (tertiary/aromatic N) is 3. The van der Waals surface area contributed by atoms with Gasteiger partial charge in [0, 0.05) is 50.9 Å². The van der Waals surface area contributed by atoms with Crippen molar-refractivity contribution in [3.05, 3.63) is 16.1 Å². The topological polar surface area (TPSA) is 56.7 Å². The monoisotopic (exact) mass is 283 g/mol. The molecule has 6 heteroatoms. The largest absolute Gasteiger partial charge is 0.481 e. The third-order valence-electron chi connectivity index (χ3n) is 3.43. The summed E-state index contributed by atoms with van der Waals surface area (Å²) in [6, 6.07) is 0. The van der Waals surface area contributed by atoms with E-state index < -0.39 is 5.97 Å². The zero-order chi connectivity index (χ0) is 13.7. The van der Waals surface area contributed by atoms with Crippen molar-refractivity contribution < 1.29 is 9.90 Å². The normalized spacial score (nSPS) is 17.7. The van der Waals surface area contributed by atoms with Crippen LogP contribution in [0, 0.1) is 0 Å².